The third kappa shape index (κ3) is 4.72. The van der Waals surface area contributed by atoms with Crippen LogP contribution in [-0.2, 0) is 9.59 Å². The molecule has 0 aliphatic carbocycles. The van der Waals surface area contributed by atoms with E-state index in [0.29, 0.717) is 5.56 Å². The molecule has 1 rings (SSSR count). The molecule has 0 aromatic heterocycles. The van der Waals surface area contributed by atoms with E-state index in [9.17, 15) is 18.8 Å². The lowest BCUT2D eigenvalue weighted by molar-refractivity contribution is -0.131. The quantitative estimate of drug-likeness (QED) is 0.784. The second kappa shape index (κ2) is 7.18. The molecule has 1 aromatic rings. The number of amides is 2. The van der Waals surface area contributed by atoms with Crippen molar-refractivity contribution in [1.29, 1.82) is 0 Å². The van der Waals surface area contributed by atoms with E-state index in [-0.39, 0.29) is 18.0 Å². The first-order valence-electron chi connectivity index (χ1n) is 6.01. The molecule has 112 valence electrons. The highest BCUT2D eigenvalue weighted by Crippen LogP contribution is 2.14. The number of benzene rings is 1. The minimum absolute atomic E-state index is 0.204. The van der Waals surface area contributed by atoms with Gasteiger partial charge in [-0.05, 0) is 23.8 Å². The van der Waals surface area contributed by atoms with Crippen molar-refractivity contribution in [2.75, 3.05) is 20.6 Å². The van der Waals surface area contributed by atoms with Gasteiger partial charge in [-0.15, -0.1) is 0 Å². The fourth-order valence-electron chi connectivity index (χ4n) is 1.55. The first-order chi connectivity index (χ1) is 9.85. The van der Waals surface area contributed by atoms with Crippen molar-refractivity contribution in [3.05, 3.63) is 41.2 Å². The third-order valence-electron chi connectivity index (χ3n) is 2.65. The van der Waals surface area contributed by atoms with Crippen LogP contribution in [-0.4, -0.2) is 48.4 Å². The van der Waals surface area contributed by atoms with E-state index in [0.717, 1.165) is 17.0 Å². The molecule has 0 aliphatic rings. The molecule has 6 nitrogen and oxygen atoms in total. The fraction of sp³-hybridized carbons (Fsp3) is 0.214. The Bertz CT molecular complexity index is 599. The summed E-state index contributed by atoms with van der Waals surface area (Å²) < 4.78 is 13.7. The number of carbonyl (C=O) groups excluding carboxylic acids is 2. The van der Waals surface area contributed by atoms with Crippen molar-refractivity contribution in [3.8, 4) is 0 Å². The van der Waals surface area contributed by atoms with Gasteiger partial charge < -0.3 is 15.3 Å². The molecule has 2 N–H and O–H groups in total. The van der Waals surface area contributed by atoms with Gasteiger partial charge in [0.25, 0.3) is 5.91 Å². The lowest BCUT2D eigenvalue weighted by atomic mass is 10.1. The summed E-state index contributed by atoms with van der Waals surface area (Å²) in [5.41, 5.74) is 0.143. The first-order valence-corrected chi connectivity index (χ1v) is 6.01. The summed E-state index contributed by atoms with van der Waals surface area (Å²) in [6.45, 7) is -0.204. The predicted molar refractivity (Wildman–Crippen MR) is 74.1 cm³/mol. The van der Waals surface area contributed by atoms with Crippen LogP contribution >= 0.6 is 0 Å². The highest BCUT2D eigenvalue weighted by Gasteiger charge is 2.18. The van der Waals surface area contributed by atoms with E-state index in [4.69, 9.17) is 5.11 Å². The SMILES string of the molecule is CNC(=O)CN(C)C(=O)c1cc(C=CC(=O)O)ccc1F. The van der Waals surface area contributed by atoms with Crippen molar-refractivity contribution in [3.63, 3.8) is 0 Å². The van der Waals surface area contributed by atoms with Crippen molar-refractivity contribution in [1.82, 2.24) is 10.2 Å². The zero-order valence-corrected chi connectivity index (χ0v) is 11.6. The van der Waals surface area contributed by atoms with E-state index < -0.39 is 17.7 Å². The topological polar surface area (TPSA) is 86.7 Å². The van der Waals surface area contributed by atoms with Gasteiger partial charge in [-0.25, -0.2) is 9.18 Å². The molecule has 21 heavy (non-hydrogen) atoms. The predicted octanol–water partition coefficient (Wildman–Crippen LogP) is 0.741. The number of hydrogen-bond donors (Lipinski definition) is 2. The van der Waals surface area contributed by atoms with Crippen LogP contribution in [0.15, 0.2) is 24.3 Å². The molecular weight excluding hydrogens is 279 g/mol. The number of aliphatic carboxylic acids is 1. The molecule has 0 aliphatic heterocycles. The number of nitrogens with one attached hydrogen (secondary N) is 1. The minimum atomic E-state index is -1.15. The van der Waals surface area contributed by atoms with Gasteiger partial charge in [0, 0.05) is 20.2 Å². The van der Waals surface area contributed by atoms with Crippen LogP contribution in [0.25, 0.3) is 6.08 Å². The maximum Gasteiger partial charge on any atom is 0.328 e. The van der Waals surface area contributed by atoms with E-state index >= 15 is 0 Å². The Balaban J connectivity index is 3.00. The summed E-state index contributed by atoms with van der Waals surface area (Å²) in [6, 6.07) is 3.66. The van der Waals surface area contributed by atoms with Gasteiger partial charge in [-0.1, -0.05) is 6.07 Å². The van der Waals surface area contributed by atoms with Crippen LogP contribution in [0.3, 0.4) is 0 Å². The number of rotatable bonds is 5. The molecule has 0 saturated heterocycles. The van der Waals surface area contributed by atoms with Crippen molar-refractivity contribution < 1.29 is 23.9 Å². The lowest BCUT2D eigenvalue weighted by Crippen LogP contribution is -2.37. The number of carbonyl (C=O) groups is 3. The second-order valence-electron chi connectivity index (χ2n) is 4.25. The summed E-state index contributed by atoms with van der Waals surface area (Å²) in [6.07, 6.45) is 2.13. The summed E-state index contributed by atoms with van der Waals surface area (Å²) >= 11 is 0. The Hall–Kier alpha value is -2.70. The number of carboxylic acids is 1. The second-order valence-corrected chi connectivity index (χ2v) is 4.25. The summed E-state index contributed by atoms with van der Waals surface area (Å²) in [5.74, 6) is -2.94. The molecule has 2 amide bonds. The number of likely N-dealkylation sites (N-methyl/N-ethyl adjacent to an activating group) is 2. The van der Waals surface area contributed by atoms with Crippen molar-refractivity contribution in [2.45, 2.75) is 0 Å². The number of hydrogen-bond acceptors (Lipinski definition) is 3. The van der Waals surface area contributed by atoms with E-state index in [1.165, 1.54) is 32.3 Å². The summed E-state index contributed by atoms with van der Waals surface area (Å²) in [7, 11) is 2.80. The number of nitrogens with zero attached hydrogens (tertiary/aromatic N) is 1. The Morgan fingerprint density at radius 3 is 2.62 bits per heavy atom. The molecule has 0 heterocycles. The van der Waals surface area contributed by atoms with Crippen LogP contribution < -0.4 is 5.32 Å². The lowest BCUT2D eigenvalue weighted by Gasteiger charge is -2.16. The van der Waals surface area contributed by atoms with Crippen LogP contribution in [0.2, 0.25) is 0 Å². The Morgan fingerprint density at radius 2 is 2.05 bits per heavy atom. The molecule has 0 bridgehead atoms. The molecule has 1 aromatic carbocycles. The van der Waals surface area contributed by atoms with Gasteiger partial charge in [-0.3, -0.25) is 9.59 Å². The monoisotopic (exact) mass is 294 g/mol. The standard InChI is InChI=1S/C14H15FN2O4/c1-16-12(18)8-17(2)14(21)10-7-9(3-5-11(10)15)4-6-13(19)20/h3-7H,8H2,1-2H3,(H,16,18)(H,19,20). The van der Waals surface area contributed by atoms with Crippen LogP contribution in [0.5, 0.6) is 0 Å². The molecule has 0 atom stereocenters. The smallest absolute Gasteiger partial charge is 0.328 e. The maximum atomic E-state index is 13.7. The van der Waals surface area contributed by atoms with Gasteiger partial charge in [0.2, 0.25) is 5.91 Å². The maximum absolute atomic E-state index is 13.7. The van der Waals surface area contributed by atoms with Crippen molar-refractivity contribution >= 4 is 23.9 Å². The Kier molecular flexibility index (Phi) is 5.59. The van der Waals surface area contributed by atoms with Crippen LogP contribution in [0.1, 0.15) is 15.9 Å². The van der Waals surface area contributed by atoms with E-state index in [1.807, 2.05) is 0 Å². The summed E-state index contributed by atoms with van der Waals surface area (Å²) in [4.78, 5) is 34.8. The first kappa shape index (κ1) is 16.4. The molecule has 0 fully saturated rings. The van der Waals surface area contributed by atoms with E-state index in [1.54, 1.807) is 0 Å². The molecular formula is C14H15FN2O4. The van der Waals surface area contributed by atoms with Gasteiger partial charge in [0.05, 0.1) is 12.1 Å². The van der Waals surface area contributed by atoms with Gasteiger partial charge in [0.15, 0.2) is 0 Å². The number of halogens is 1. The average Bonchev–Trinajstić information content (AvgIpc) is 2.45. The fourth-order valence-corrected chi connectivity index (χ4v) is 1.55. The van der Waals surface area contributed by atoms with Gasteiger partial charge >= 0.3 is 5.97 Å². The molecule has 0 radical (unpaired) electrons. The molecule has 0 spiro atoms. The van der Waals surface area contributed by atoms with Gasteiger partial charge in [-0.2, -0.15) is 0 Å². The van der Waals surface area contributed by atoms with Crippen LogP contribution in [0, 0.1) is 5.82 Å². The minimum Gasteiger partial charge on any atom is -0.478 e. The Morgan fingerprint density at radius 1 is 1.38 bits per heavy atom. The third-order valence-corrected chi connectivity index (χ3v) is 2.65. The Labute approximate surface area is 120 Å². The highest BCUT2D eigenvalue weighted by atomic mass is 19.1. The summed E-state index contributed by atoms with van der Waals surface area (Å²) in [5, 5.41) is 10.9. The normalized spacial score (nSPS) is 10.4. The molecule has 0 saturated carbocycles. The molecule has 7 heteroatoms. The zero-order valence-electron chi connectivity index (χ0n) is 11.6. The van der Waals surface area contributed by atoms with E-state index in [2.05, 4.69) is 5.32 Å². The zero-order chi connectivity index (χ0) is 16.0. The highest BCUT2D eigenvalue weighted by molar-refractivity contribution is 5.97. The van der Waals surface area contributed by atoms with Crippen LogP contribution in [0.4, 0.5) is 4.39 Å². The number of carboxylic acid groups (broad SMARTS) is 1. The van der Waals surface area contributed by atoms with Crippen molar-refractivity contribution in [2.24, 2.45) is 0 Å². The average molecular weight is 294 g/mol. The largest absolute Gasteiger partial charge is 0.478 e. The van der Waals surface area contributed by atoms with Gasteiger partial charge in [0.1, 0.15) is 5.82 Å². The molecule has 0 unspecified atom stereocenters.